The van der Waals surface area contributed by atoms with E-state index in [1.807, 2.05) is 17.0 Å². The van der Waals surface area contributed by atoms with Crippen molar-refractivity contribution in [3.8, 4) is 5.75 Å². The van der Waals surface area contributed by atoms with E-state index in [0.717, 1.165) is 12.2 Å². The van der Waals surface area contributed by atoms with E-state index in [-0.39, 0.29) is 30.7 Å². The van der Waals surface area contributed by atoms with E-state index in [9.17, 15) is 5.11 Å². The zero-order valence-electron chi connectivity index (χ0n) is 17.0. The third-order valence-corrected chi connectivity index (χ3v) is 4.35. The molecule has 1 unspecified atom stereocenters. The van der Waals surface area contributed by atoms with Crippen molar-refractivity contribution in [1.29, 1.82) is 0 Å². The first-order valence-corrected chi connectivity index (χ1v) is 9.43. The number of benzene rings is 1. The maximum Gasteiger partial charge on any atom is 0.119 e. The summed E-state index contributed by atoms with van der Waals surface area (Å²) in [6.45, 7) is 12.7. The van der Waals surface area contributed by atoms with E-state index in [4.69, 9.17) is 14.9 Å². The van der Waals surface area contributed by atoms with Gasteiger partial charge in [0.25, 0.3) is 0 Å². The second kappa shape index (κ2) is 10.3. The van der Waals surface area contributed by atoms with Crippen LogP contribution in [-0.2, 0) is 5.41 Å². The number of nitrogens with zero attached hydrogens (tertiary/aromatic N) is 1. The maximum absolute atomic E-state index is 10.1. The summed E-state index contributed by atoms with van der Waals surface area (Å²) in [6, 6.07) is 8.09. The van der Waals surface area contributed by atoms with Gasteiger partial charge in [0.15, 0.2) is 0 Å². The molecule has 0 heterocycles. The molecule has 0 aliphatic rings. The van der Waals surface area contributed by atoms with Gasteiger partial charge in [0, 0.05) is 19.6 Å². The van der Waals surface area contributed by atoms with E-state index in [2.05, 4.69) is 46.8 Å². The molecule has 3 N–H and O–H groups in total. The van der Waals surface area contributed by atoms with E-state index < -0.39 is 6.10 Å². The Morgan fingerprint density at radius 1 is 0.962 bits per heavy atom. The fourth-order valence-electron chi connectivity index (χ4n) is 3.55. The standard InChI is InChI=1S/C21H37NO4/c1-20(2,3)16-21(4,5)17-6-8-19(9-7-17)26-15-18(25)14-22(10-12-23)11-13-24/h6-9,18,23-25H,10-16H2,1-5H3. The molecule has 0 spiro atoms. The molecule has 26 heavy (non-hydrogen) atoms. The molecule has 0 aromatic heterocycles. The molecule has 0 amide bonds. The lowest BCUT2D eigenvalue weighted by molar-refractivity contribution is 0.0552. The fraction of sp³-hybridized carbons (Fsp3) is 0.714. The van der Waals surface area contributed by atoms with Crippen LogP contribution in [0.1, 0.15) is 46.6 Å². The summed E-state index contributed by atoms with van der Waals surface area (Å²) < 4.78 is 5.69. The first-order chi connectivity index (χ1) is 12.1. The largest absolute Gasteiger partial charge is 0.491 e. The monoisotopic (exact) mass is 367 g/mol. The molecule has 150 valence electrons. The van der Waals surface area contributed by atoms with Gasteiger partial charge in [0.05, 0.1) is 13.2 Å². The fourth-order valence-corrected chi connectivity index (χ4v) is 3.55. The van der Waals surface area contributed by atoms with Crippen LogP contribution in [0.15, 0.2) is 24.3 Å². The SMILES string of the molecule is CC(C)(C)CC(C)(C)c1ccc(OCC(O)CN(CCO)CCO)cc1. The van der Waals surface area contributed by atoms with Gasteiger partial charge >= 0.3 is 0 Å². The lowest BCUT2D eigenvalue weighted by Crippen LogP contribution is -2.38. The van der Waals surface area contributed by atoms with Crippen molar-refractivity contribution in [2.75, 3.05) is 39.5 Å². The van der Waals surface area contributed by atoms with Crippen LogP contribution in [0, 0.1) is 5.41 Å². The van der Waals surface area contributed by atoms with Crippen molar-refractivity contribution in [2.24, 2.45) is 5.41 Å². The first kappa shape index (κ1) is 22.9. The molecule has 0 fully saturated rings. The molecule has 5 nitrogen and oxygen atoms in total. The van der Waals surface area contributed by atoms with E-state index >= 15 is 0 Å². The summed E-state index contributed by atoms with van der Waals surface area (Å²) >= 11 is 0. The summed E-state index contributed by atoms with van der Waals surface area (Å²) in [7, 11) is 0. The van der Waals surface area contributed by atoms with Gasteiger partial charge in [-0.05, 0) is 34.9 Å². The number of rotatable bonds is 11. The number of aliphatic hydroxyl groups excluding tert-OH is 3. The lowest BCUT2D eigenvalue weighted by atomic mass is 9.72. The highest BCUT2D eigenvalue weighted by atomic mass is 16.5. The van der Waals surface area contributed by atoms with Crippen molar-refractivity contribution in [1.82, 2.24) is 4.90 Å². The highest BCUT2D eigenvalue weighted by molar-refractivity contribution is 5.31. The molecule has 0 radical (unpaired) electrons. The van der Waals surface area contributed by atoms with Gasteiger partial charge < -0.3 is 20.1 Å². The summed E-state index contributed by atoms with van der Waals surface area (Å²) in [5, 5.41) is 28.1. The molecule has 1 aromatic carbocycles. The van der Waals surface area contributed by atoms with Crippen LogP contribution < -0.4 is 4.74 Å². The summed E-state index contributed by atoms with van der Waals surface area (Å²) in [4.78, 5) is 1.81. The van der Waals surface area contributed by atoms with Gasteiger partial charge in [-0.2, -0.15) is 0 Å². The first-order valence-electron chi connectivity index (χ1n) is 9.43. The van der Waals surface area contributed by atoms with E-state index in [1.54, 1.807) is 0 Å². The molecule has 1 rings (SSSR count). The molecule has 0 saturated heterocycles. The normalized spacial score (nSPS) is 13.9. The van der Waals surface area contributed by atoms with Crippen molar-refractivity contribution < 1.29 is 20.1 Å². The molecule has 0 aliphatic carbocycles. The second-order valence-corrected chi connectivity index (χ2v) is 8.86. The maximum atomic E-state index is 10.1. The van der Waals surface area contributed by atoms with E-state index in [0.29, 0.717) is 19.6 Å². The Balaban J connectivity index is 2.56. The lowest BCUT2D eigenvalue weighted by Gasteiger charge is -2.33. The average molecular weight is 368 g/mol. The van der Waals surface area contributed by atoms with Gasteiger partial charge in [0.2, 0.25) is 0 Å². The molecule has 5 heteroatoms. The van der Waals surface area contributed by atoms with Crippen LogP contribution in [0.4, 0.5) is 0 Å². The highest BCUT2D eigenvalue weighted by Crippen LogP contribution is 2.36. The van der Waals surface area contributed by atoms with Gasteiger partial charge in [-0.3, -0.25) is 4.90 Å². The predicted octanol–water partition coefficient (Wildman–Crippen LogP) is 2.43. The number of hydrogen-bond donors (Lipinski definition) is 3. The molecule has 0 saturated carbocycles. The quantitative estimate of drug-likeness (QED) is 0.560. The molecule has 1 atom stereocenters. The molecule has 1 aromatic rings. The van der Waals surface area contributed by atoms with Crippen LogP contribution >= 0.6 is 0 Å². The van der Waals surface area contributed by atoms with Crippen LogP contribution in [0.3, 0.4) is 0 Å². The van der Waals surface area contributed by atoms with Gasteiger partial charge in [0.1, 0.15) is 18.5 Å². The van der Waals surface area contributed by atoms with Crippen molar-refractivity contribution >= 4 is 0 Å². The Morgan fingerprint density at radius 3 is 1.96 bits per heavy atom. The summed E-state index contributed by atoms with van der Waals surface area (Å²) in [5.74, 6) is 0.732. The Morgan fingerprint density at radius 2 is 1.50 bits per heavy atom. The number of ether oxygens (including phenoxy) is 1. The molecular formula is C21H37NO4. The van der Waals surface area contributed by atoms with Crippen LogP contribution in [-0.4, -0.2) is 65.8 Å². The van der Waals surface area contributed by atoms with Gasteiger partial charge in [-0.25, -0.2) is 0 Å². The third-order valence-electron chi connectivity index (χ3n) is 4.35. The van der Waals surface area contributed by atoms with Crippen LogP contribution in [0.25, 0.3) is 0 Å². The topological polar surface area (TPSA) is 73.2 Å². The molecular weight excluding hydrogens is 330 g/mol. The minimum Gasteiger partial charge on any atom is -0.491 e. The third kappa shape index (κ3) is 8.49. The highest BCUT2D eigenvalue weighted by Gasteiger charge is 2.27. The van der Waals surface area contributed by atoms with Crippen molar-refractivity contribution in [2.45, 2.75) is 52.6 Å². The van der Waals surface area contributed by atoms with Crippen LogP contribution in [0.5, 0.6) is 5.75 Å². The van der Waals surface area contributed by atoms with E-state index in [1.165, 1.54) is 5.56 Å². The van der Waals surface area contributed by atoms with Crippen molar-refractivity contribution in [3.63, 3.8) is 0 Å². The Bertz CT molecular complexity index is 502. The average Bonchev–Trinajstić information content (AvgIpc) is 2.51. The number of hydrogen-bond acceptors (Lipinski definition) is 5. The van der Waals surface area contributed by atoms with Gasteiger partial charge in [-0.15, -0.1) is 0 Å². The number of aliphatic hydroxyl groups is 3. The van der Waals surface area contributed by atoms with Gasteiger partial charge in [-0.1, -0.05) is 46.8 Å². The Hall–Kier alpha value is -1.14. The minimum atomic E-state index is -0.676. The summed E-state index contributed by atoms with van der Waals surface area (Å²) in [5.41, 5.74) is 1.63. The Kier molecular flexibility index (Phi) is 9.04. The molecule has 0 bridgehead atoms. The van der Waals surface area contributed by atoms with Crippen LogP contribution in [0.2, 0.25) is 0 Å². The minimum absolute atomic E-state index is 0.000605. The smallest absolute Gasteiger partial charge is 0.119 e. The predicted molar refractivity (Wildman–Crippen MR) is 106 cm³/mol. The molecule has 0 aliphatic heterocycles. The summed E-state index contributed by atoms with van der Waals surface area (Å²) in [6.07, 6.45) is 0.412. The zero-order valence-corrected chi connectivity index (χ0v) is 17.0. The second-order valence-electron chi connectivity index (χ2n) is 8.86. The Labute approximate surface area is 158 Å². The van der Waals surface area contributed by atoms with Crippen molar-refractivity contribution in [3.05, 3.63) is 29.8 Å². The zero-order chi connectivity index (χ0) is 19.8.